The molecular weight excluding hydrogens is 235 g/mol. The molecule has 1 aromatic heterocycles. The maximum atomic E-state index is 5.93. The molecule has 0 N–H and O–H groups in total. The first kappa shape index (κ1) is 12.5. The summed E-state index contributed by atoms with van der Waals surface area (Å²) >= 11 is 11.6. The molecule has 1 unspecified atom stereocenters. The van der Waals surface area contributed by atoms with Gasteiger partial charge in [-0.25, -0.2) is 0 Å². The van der Waals surface area contributed by atoms with E-state index >= 15 is 0 Å². The molecule has 15 heavy (non-hydrogen) atoms. The van der Waals surface area contributed by atoms with Crippen molar-refractivity contribution in [2.24, 2.45) is 0 Å². The zero-order valence-electron chi connectivity index (χ0n) is 9.04. The van der Waals surface area contributed by atoms with E-state index in [1.807, 2.05) is 6.92 Å². The standard InChI is InChI=1S/C9H14Cl2N4/c1-4-6(3)15(5-2)8-7(10)13-14-9(11)12-8/h6H,4-5H2,1-3H3. The SMILES string of the molecule is CCC(C)N(CC)c1nc(Cl)nnc1Cl. The molecule has 0 aliphatic rings. The van der Waals surface area contributed by atoms with Gasteiger partial charge in [0, 0.05) is 12.6 Å². The molecule has 0 saturated carbocycles. The summed E-state index contributed by atoms with van der Waals surface area (Å²) in [4.78, 5) is 6.16. The summed E-state index contributed by atoms with van der Waals surface area (Å²) in [5, 5.41) is 7.74. The molecule has 1 heterocycles. The molecule has 0 aromatic carbocycles. The minimum Gasteiger partial charge on any atom is -0.351 e. The fraction of sp³-hybridized carbons (Fsp3) is 0.667. The van der Waals surface area contributed by atoms with Crippen molar-refractivity contribution in [3.05, 3.63) is 10.4 Å². The molecule has 0 aliphatic heterocycles. The van der Waals surface area contributed by atoms with Gasteiger partial charge >= 0.3 is 0 Å². The lowest BCUT2D eigenvalue weighted by Crippen LogP contribution is -2.33. The van der Waals surface area contributed by atoms with Gasteiger partial charge in [0.05, 0.1) is 0 Å². The van der Waals surface area contributed by atoms with Gasteiger partial charge in [-0.2, -0.15) is 4.98 Å². The predicted octanol–water partition coefficient (Wildman–Crippen LogP) is 2.80. The lowest BCUT2D eigenvalue weighted by molar-refractivity contribution is 0.620. The van der Waals surface area contributed by atoms with E-state index in [4.69, 9.17) is 23.2 Å². The van der Waals surface area contributed by atoms with Crippen LogP contribution < -0.4 is 4.90 Å². The summed E-state index contributed by atoms with van der Waals surface area (Å²) < 4.78 is 0. The summed E-state index contributed by atoms with van der Waals surface area (Å²) in [5.74, 6) is 0.605. The predicted molar refractivity (Wildman–Crippen MR) is 62.6 cm³/mol. The van der Waals surface area contributed by atoms with Crippen LogP contribution in [0.3, 0.4) is 0 Å². The number of nitrogens with zero attached hydrogens (tertiary/aromatic N) is 4. The number of aromatic nitrogens is 3. The Kier molecular flexibility index (Phi) is 4.54. The zero-order valence-corrected chi connectivity index (χ0v) is 10.5. The van der Waals surface area contributed by atoms with Crippen LogP contribution in [-0.2, 0) is 0 Å². The molecule has 1 aromatic rings. The molecule has 1 rings (SSSR count). The van der Waals surface area contributed by atoms with Crippen molar-refractivity contribution in [1.29, 1.82) is 0 Å². The second kappa shape index (κ2) is 5.47. The first-order valence-corrected chi connectivity index (χ1v) is 5.68. The van der Waals surface area contributed by atoms with E-state index in [1.165, 1.54) is 0 Å². The Morgan fingerprint density at radius 2 is 1.93 bits per heavy atom. The fourth-order valence-corrected chi connectivity index (χ4v) is 1.67. The fourth-order valence-electron chi connectivity index (χ4n) is 1.36. The van der Waals surface area contributed by atoms with Crippen molar-refractivity contribution in [3.63, 3.8) is 0 Å². The molecule has 0 radical (unpaired) electrons. The Morgan fingerprint density at radius 3 is 2.47 bits per heavy atom. The quantitative estimate of drug-likeness (QED) is 0.822. The van der Waals surface area contributed by atoms with E-state index in [2.05, 4.69) is 33.9 Å². The van der Waals surface area contributed by atoms with Crippen LogP contribution in [0.15, 0.2) is 0 Å². The van der Waals surface area contributed by atoms with Crippen LogP contribution in [0, 0.1) is 0 Å². The average molecular weight is 249 g/mol. The molecule has 0 bridgehead atoms. The molecule has 1 atom stereocenters. The van der Waals surface area contributed by atoms with Crippen LogP contribution in [0.1, 0.15) is 27.2 Å². The molecule has 0 aliphatic carbocycles. The van der Waals surface area contributed by atoms with Gasteiger partial charge < -0.3 is 4.90 Å². The Bertz CT molecular complexity index is 332. The Morgan fingerprint density at radius 1 is 1.27 bits per heavy atom. The minimum absolute atomic E-state index is 0.121. The smallest absolute Gasteiger partial charge is 0.245 e. The third kappa shape index (κ3) is 2.92. The van der Waals surface area contributed by atoms with E-state index in [0.29, 0.717) is 17.0 Å². The Balaban J connectivity index is 3.05. The van der Waals surface area contributed by atoms with Crippen molar-refractivity contribution in [2.45, 2.75) is 33.2 Å². The van der Waals surface area contributed by atoms with Crippen molar-refractivity contribution in [2.75, 3.05) is 11.4 Å². The van der Waals surface area contributed by atoms with Crippen LogP contribution in [0.2, 0.25) is 10.4 Å². The Hall–Kier alpha value is -0.610. The van der Waals surface area contributed by atoms with Gasteiger partial charge in [-0.05, 0) is 31.9 Å². The van der Waals surface area contributed by atoms with Crippen molar-refractivity contribution in [1.82, 2.24) is 15.2 Å². The number of anilines is 1. The highest BCUT2D eigenvalue weighted by molar-refractivity contribution is 6.32. The summed E-state index contributed by atoms with van der Waals surface area (Å²) in [6.07, 6.45) is 1.01. The van der Waals surface area contributed by atoms with E-state index in [9.17, 15) is 0 Å². The number of halogens is 2. The van der Waals surface area contributed by atoms with E-state index in [1.54, 1.807) is 0 Å². The second-order valence-corrected chi connectivity index (χ2v) is 3.93. The number of hydrogen-bond acceptors (Lipinski definition) is 4. The maximum absolute atomic E-state index is 5.93. The molecular formula is C9H14Cl2N4. The van der Waals surface area contributed by atoms with Crippen molar-refractivity contribution >= 4 is 29.0 Å². The van der Waals surface area contributed by atoms with E-state index in [-0.39, 0.29) is 5.28 Å². The second-order valence-electron chi connectivity index (χ2n) is 3.24. The molecule has 84 valence electrons. The van der Waals surface area contributed by atoms with Gasteiger partial charge in [0.15, 0.2) is 11.0 Å². The highest BCUT2D eigenvalue weighted by atomic mass is 35.5. The van der Waals surface area contributed by atoms with Crippen LogP contribution in [0.5, 0.6) is 0 Å². The van der Waals surface area contributed by atoms with Crippen molar-refractivity contribution < 1.29 is 0 Å². The van der Waals surface area contributed by atoms with Crippen LogP contribution >= 0.6 is 23.2 Å². The molecule has 0 spiro atoms. The number of hydrogen-bond donors (Lipinski definition) is 0. The molecule has 4 nitrogen and oxygen atoms in total. The van der Waals surface area contributed by atoms with Gasteiger partial charge in [-0.3, -0.25) is 0 Å². The van der Waals surface area contributed by atoms with Gasteiger partial charge in [-0.1, -0.05) is 18.5 Å². The lowest BCUT2D eigenvalue weighted by Gasteiger charge is -2.28. The summed E-state index contributed by atoms with van der Waals surface area (Å²) in [6.45, 7) is 7.07. The monoisotopic (exact) mass is 248 g/mol. The van der Waals surface area contributed by atoms with Gasteiger partial charge in [0.25, 0.3) is 0 Å². The largest absolute Gasteiger partial charge is 0.351 e. The van der Waals surface area contributed by atoms with E-state index < -0.39 is 0 Å². The van der Waals surface area contributed by atoms with Crippen LogP contribution in [0.25, 0.3) is 0 Å². The normalized spacial score (nSPS) is 12.6. The highest BCUT2D eigenvalue weighted by Gasteiger charge is 2.17. The molecule has 0 amide bonds. The minimum atomic E-state index is 0.121. The maximum Gasteiger partial charge on any atom is 0.245 e. The molecule has 6 heteroatoms. The first-order chi connectivity index (χ1) is 7.10. The summed E-state index contributed by atoms with van der Waals surface area (Å²) in [6, 6.07) is 0.347. The highest BCUT2D eigenvalue weighted by Crippen LogP contribution is 2.23. The first-order valence-electron chi connectivity index (χ1n) is 4.92. The topological polar surface area (TPSA) is 41.9 Å². The number of rotatable bonds is 4. The third-order valence-corrected chi connectivity index (χ3v) is 2.74. The summed E-state index contributed by atoms with van der Waals surface area (Å²) in [7, 11) is 0. The van der Waals surface area contributed by atoms with Crippen LogP contribution in [0.4, 0.5) is 5.82 Å². The zero-order chi connectivity index (χ0) is 11.4. The molecule has 0 fully saturated rings. The van der Waals surface area contributed by atoms with E-state index in [0.717, 1.165) is 13.0 Å². The van der Waals surface area contributed by atoms with Gasteiger partial charge in [-0.15, -0.1) is 10.2 Å². The summed E-state index contributed by atoms with van der Waals surface area (Å²) in [5.41, 5.74) is 0. The Labute approximate surface area is 99.6 Å². The third-order valence-electron chi connectivity index (χ3n) is 2.34. The molecule has 0 saturated heterocycles. The van der Waals surface area contributed by atoms with Crippen molar-refractivity contribution in [3.8, 4) is 0 Å². The van der Waals surface area contributed by atoms with Gasteiger partial charge in [0.1, 0.15) is 0 Å². The van der Waals surface area contributed by atoms with Gasteiger partial charge in [0.2, 0.25) is 5.28 Å². The van der Waals surface area contributed by atoms with Crippen LogP contribution in [-0.4, -0.2) is 27.8 Å². The lowest BCUT2D eigenvalue weighted by atomic mass is 10.2. The average Bonchev–Trinajstić information content (AvgIpc) is 2.23.